The lowest BCUT2D eigenvalue weighted by atomic mass is 9.36. The van der Waals surface area contributed by atoms with Gasteiger partial charge >= 0.3 is 0 Å². The Hall–Kier alpha value is -6.52. The summed E-state index contributed by atoms with van der Waals surface area (Å²) in [5.74, 6) is 1.71. The van der Waals surface area contributed by atoms with E-state index in [1.807, 2.05) is 12.1 Å². The molecule has 10 rings (SSSR count). The van der Waals surface area contributed by atoms with Gasteiger partial charge in [0.2, 0.25) is 6.71 Å². The minimum atomic E-state index is 0.0654. The van der Waals surface area contributed by atoms with Crippen LogP contribution in [0.4, 0.5) is 17.1 Å². The molecule has 1 aliphatic rings. The molecule has 0 N–H and O–H groups in total. The van der Waals surface area contributed by atoms with Gasteiger partial charge in [-0.3, -0.25) is 0 Å². The van der Waals surface area contributed by atoms with Crippen molar-refractivity contribution in [2.24, 2.45) is 0 Å². The van der Waals surface area contributed by atoms with Crippen LogP contribution in [0.5, 0.6) is 11.5 Å². The molecule has 4 heteroatoms. The molecule has 1 aliphatic heterocycles. The number of aryl methyl sites for hydroxylation is 4. The maximum absolute atomic E-state index is 6.92. The molecule has 8 aromatic carbocycles. The number of ether oxygens (including phenoxy) is 1. The third-order valence-electron chi connectivity index (χ3n) is 10.9. The highest BCUT2D eigenvalue weighted by molar-refractivity contribution is 6.97. The van der Waals surface area contributed by atoms with E-state index in [2.05, 4.69) is 178 Å². The van der Waals surface area contributed by atoms with Gasteiger partial charge in [-0.05, 0) is 81.1 Å². The topological polar surface area (TPSA) is 25.6 Å². The number of hydrogen-bond donors (Lipinski definition) is 0. The molecule has 3 nitrogen and oxygen atoms in total. The summed E-state index contributed by atoms with van der Waals surface area (Å²) in [5, 5.41) is 4.57. The Bertz CT molecular complexity index is 2830. The molecule has 0 spiro atoms. The van der Waals surface area contributed by atoms with Crippen LogP contribution in [-0.2, 0) is 0 Å². The zero-order valence-corrected chi connectivity index (χ0v) is 30.9. The Kier molecular flexibility index (Phi) is 7.48. The predicted molar refractivity (Wildman–Crippen MR) is 228 cm³/mol. The van der Waals surface area contributed by atoms with E-state index in [1.165, 1.54) is 49.6 Å². The van der Waals surface area contributed by atoms with Gasteiger partial charge in [0.05, 0.1) is 11.4 Å². The molecule has 0 radical (unpaired) electrons. The van der Waals surface area contributed by atoms with Crippen molar-refractivity contribution in [2.75, 3.05) is 4.90 Å². The maximum atomic E-state index is 6.92. The molecule has 0 atom stereocenters. The highest BCUT2D eigenvalue weighted by Gasteiger charge is 2.29. The van der Waals surface area contributed by atoms with Gasteiger partial charge < -0.3 is 14.1 Å². The van der Waals surface area contributed by atoms with Crippen LogP contribution in [0.2, 0.25) is 0 Å². The fourth-order valence-electron chi connectivity index (χ4n) is 8.85. The highest BCUT2D eigenvalue weighted by atomic mass is 16.5. The average Bonchev–Trinajstić information content (AvgIpc) is 3.55. The first-order valence-corrected chi connectivity index (χ1v) is 18.7. The molecule has 1 aromatic heterocycles. The smallest absolute Gasteiger partial charge is 0.242 e. The normalized spacial score (nSPS) is 11.9. The van der Waals surface area contributed by atoms with E-state index < -0.39 is 0 Å². The summed E-state index contributed by atoms with van der Waals surface area (Å²) in [4.78, 5) is 2.27. The molecule has 258 valence electrons. The van der Waals surface area contributed by atoms with Gasteiger partial charge in [-0.2, -0.15) is 0 Å². The minimum absolute atomic E-state index is 0.0654. The Balaban J connectivity index is 1.14. The van der Waals surface area contributed by atoms with Crippen molar-refractivity contribution in [1.82, 2.24) is 0 Å². The molecule has 0 aliphatic carbocycles. The number of benzene rings is 8. The number of hydrogen-bond acceptors (Lipinski definition) is 3. The number of anilines is 3. The van der Waals surface area contributed by atoms with Crippen molar-refractivity contribution >= 4 is 72.9 Å². The summed E-state index contributed by atoms with van der Waals surface area (Å²) in [5.41, 5.74) is 16.0. The van der Waals surface area contributed by atoms with Crippen molar-refractivity contribution in [3.8, 4) is 22.6 Å². The Morgan fingerprint density at radius 2 is 1.09 bits per heavy atom. The monoisotopic (exact) mass is 695 g/mol. The van der Waals surface area contributed by atoms with E-state index >= 15 is 0 Å². The molecular weight excluding hydrogens is 657 g/mol. The standard InChI is InChI=1S/C50H38BNO2/c1-31-24-32(2)27-35(26-31)51(36-28-33(3)25-34(4)29-36)44-23-22-41-40-21-20-38(30-48(40)53-47-19-11-16-43(44)49(41)47)52(37-12-6-5-7-13-37)45-17-10-15-42-39-14-8-9-18-46(39)54-50(42)45/h5-30H,1-4H3. The van der Waals surface area contributed by atoms with Gasteiger partial charge in [-0.15, -0.1) is 0 Å². The maximum Gasteiger partial charge on any atom is 0.242 e. The van der Waals surface area contributed by atoms with Crippen molar-refractivity contribution < 1.29 is 9.15 Å². The van der Waals surface area contributed by atoms with Crippen LogP contribution < -0.4 is 26.0 Å². The fourth-order valence-corrected chi connectivity index (χ4v) is 8.85. The van der Waals surface area contributed by atoms with Gasteiger partial charge in [0.1, 0.15) is 17.1 Å². The van der Waals surface area contributed by atoms with Crippen molar-refractivity contribution in [2.45, 2.75) is 27.7 Å². The summed E-state index contributed by atoms with van der Waals surface area (Å²) < 4.78 is 13.5. The zero-order valence-electron chi connectivity index (χ0n) is 30.9. The molecule has 0 fully saturated rings. The average molecular weight is 696 g/mol. The number of para-hydroxylation sites is 3. The third kappa shape index (κ3) is 5.29. The number of nitrogens with zero attached hydrogens (tertiary/aromatic N) is 1. The molecular formula is C50H38BNO2. The second-order valence-corrected chi connectivity index (χ2v) is 14.9. The van der Waals surface area contributed by atoms with Crippen LogP contribution in [0.15, 0.2) is 162 Å². The number of furan rings is 1. The first kappa shape index (κ1) is 32.2. The van der Waals surface area contributed by atoms with E-state index in [9.17, 15) is 0 Å². The Morgan fingerprint density at radius 3 is 1.83 bits per heavy atom. The Morgan fingerprint density at radius 1 is 0.463 bits per heavy atom. The van der Waals surface area contributed by atoms with Gasteiger partial charge in [0.25, 0.3) is 0 Å². The quantitative estimate of drug-likeness (QED) is 0.162. The fraction of sp³-hybridized carbons (Fsp3) is 0.0800. The summed E-state index contributed by atoms with van der Waals surface area (Å²) in [6, 6.07) is 56.8. The van der Waals surface area contributed by atoms with Crippen molar-refractivity contribution in [1.29, 1.82) is 0 Å². The number of rotatable bonds is 6. The first-order chi connectivity index (χ1) is 26.4. The van der Waals surface area contributed by atoms with Crippen LogP contribution in [0.1, 0.15) is 22.3 Å². The lowest BCUT2D eigenvalue weighted by Crippen LogP contribution is -2.52. The molecule has 2 heterocycles. The summed E-state index contributed by atoms with van der Waals surface area (Å²) in [7, 11) is 0. The molecule has 0 bridgehead atoms. The largest absolute Gasteiger partial charge is 0.456 e. The van der Waals surface area contributed by atoms with E-state index in [4.69, 9.17) is 9.15 Å². The third-order valence-corrected chi connectivity index (χ3v) is 10.9. The number of fused-ring (bicyclic) bond motifs is 5. The second-order valence-electron chi connectivity index (χ2n) is 14.9. The molecule has 0 unspecified atom stereocenters. The van der Waals surface area contributed by atoms with Gasteiger partial charge in [0, 0.05) is 33.5 Å². The molecule has 54 heavy (non-hydrogen) atoms. The summed E-state index contributed by atoms with van der Waals surface area (Å²) in [6.45, 7) is 8.85. The predicted octanol–water partition coefficient (Wildman–Crippen LogP) is 11.7. The second kappa shape index (κ2) is 12.6. The van der Waals surface area contributed by atoms with Crippen LogP contribution >= 0.6 is 0 Å². The highest BCUT2D eigenvalue weighted by Crippen LogP contribution is 2.49. The van der Waals surface area contributed by atoms with Gasteiger partial charge in [-0.25, -0.2) is 0 Å². The van der Waals surface area contributed by atoms with Gasteiger partial charge in [0.15, 0.2) is 5.58 Å². The summed E-state index contributed by atoms with van der Waals surface area (Å²) >= 11 is 0. The SMILES string of the molecule is Cc1cc(C)cc(B(c2cc(C)cc(C)c2)c2ccc3c4c(cccc24)Oc2cc(N(c4ccccc4)c4cccc5c4oc4ccccc45)ccc2-3)c1. The lowest BCUT2D eigenvalue weighted by Gasteiger charge is -2.28. The first-order valence-electron chi connectivity index (χ1n) is 18.7. The van der Waals surface area contributed by atoms with E-state index in [1.54, 1.807) is 0 Å². The minimum Gasteiger partial charge on any atom is -0.456 e. The zero-order chi connectivity index (χ0) is 36.5. The van der Waals surface area contributed by atoms with E-state index in [0.717, 1.165) is 61.4 Å². The van der Waals surface area contributed by atoms with Crippen molar-refractivity contribution in [3.05, 3.63) is 180 Å². The molecule has 9 aromatic rings. The van der Waals surface area contributed by atoms with Crippen LogP contribution in [-0.4, -0.2) is 6.71 Å². The Labute approximate surface area is 316 Å². The van der Waals surface area contributed by atoms with E-state index in [0.29, 0.717) is 0 Å². The van der Waals surface area contributed by atoms with Crippen LogP contribution in [0.25, 0.3) is 43.8 Å². The lowest BCUT2D eigenvalue weighted by molar-refractivity contribution is 0.487. The molecule has 0 amide bonds. The molecule has 0 saturated carbocycles. The van der Waals surface area contributed by atoms with Gasteiger partial charge in [-0.1, -0.05) is 148 Å². The molecule has 0 saturated heterocycles. The van der Waals surface area contributed by atoms with Crippen molar-refractivity contribution in [3.63, 3.8) is 0 Å². The summed E-state index contributed by atoms with van der Waals surface area (Å²) in [6.07, 6.45) is 0. The van der Waals surface area contributed by atoms with E-state index in [-0.39, 0.29) is 6.71 Å². The van der Waals surface area contributed by atoms with Crippen LogP contribution in [0.3, 0.4) is 0 Å². The van der Waals surface area contributed by atoms with Crippen LogP contribution in [0, 0.1) is 27.7 Å².